The highest BCUT2D eigenvalue weighted by molar-refractivity contribution is 14.1. The number of nitrogens with two attached hydrogens (primary N) is 1. The number of anilines is 1. The van der Waals surface area contributed by atoms with Gasteiger partial charge in [-0.2, -0.15) is 9.78 Å². The molecule has 0 saturated heterocycles. The summed E-state index contributed by atoms with van der Waals surface area (Å²) in [6, 6.07) is 12.4. The summed E-state index contributed by atoms with van der Waals surface area (Å²) in [6.07, 6.45) is 1.74. The van der Waals surface area contributed by atoms with Crippen LogP contribution in [0.5, 0.6) is 0 Å². The van der Waals surface area contributed by atoms with Gasteiger partial charge in [0.1, 0.15) is 0 Å². The standard InChI is InChI=1S/C19H13ClIN7O/c20-7-14-24-18-16(13-4-5-15(29)27(9-13)10-21)17(25-19(23)28(18)26-14)12-3-1-2-11(6-12)8-22/h1-6,9H,7,10H2,(H2,23,25). The number of benzene rings is 1. The first-order valence-corrected chi connectivity index (χ1v) is 10.5. The summed E-state index contributed by atoms with van der Waals surface area (Å²) in [4.78, 5) is 21.1. The average molecular weight is 518 g/mol. The minimum atomic E-state index is -0.112. The van der Waals surface area contributed by atoms with E-state index in [-0.39, 0.29) is 17.4 Å². The quantitative estimate of drug-likeness (QED) is 0.328. The molecule has 0 aliphatic rings. The molecule has 8 nitrogen and oxygen atoms in total. The van der Waals surface area contributed by atoms with Gasteiger partial charge in [0.25, 0.3) is 5.56 Å². The average Bonchev–Trinajstić information content (AvgIpc) is 3.19. The maximum Gasteiger partial charge on any atom is 0.251 e. The molecule has 10 heteroatoms. The lowest BCUT2D eigenvalue weighted by molar-refractivity contribution is 0.861. The van der Waals surface area contributed by atoms with Crippen LogP contribution in [0.25, 0.3) is 28.0 Å². The van der Waals surface area contributed by atoms with Crippen LogP contribution in [0.4, 0.5) is 5.95 Å². The number of hydrogen-bond donors (Lipinski definition) is 1. The molecule has 0 bridgehead atoms. The van der Waals surface area contributed by atoms with E-state index in [0.717, 1.165) is 5.56 Å². The van der Waals surface area contributed by atoms with Gasteiger partial charge >= 0.3 is 0 Å². The van der Waals surface area contributed by atoms with Gasteiger partial charge in [-0.3, -0.25) is 4.79 Å². The van der Waals surface area contributed by atoms with E-state index in [1.54, 1.807) is 35.0 Å². The first kappa shape index (κ1) is 19.4. The van der Waals surface area contributed by atoms with Gasteiger partial charge in [-0.15, -0.1) is 16.7 Å². The largest absolute Gasteiger partial charge is 0.368 e. The highest BCUT2D eigenvalue weighted by Crippen LogP contribution is 2.34. The molecule has 3 heterocycles. The van der Waals surface area contributed by atoms with Crippen molar-refractivity contribution in [2.75, 3.05) is 5.73 Å². The zero-order valence-corrected chi connectivity index (χ0v) is 17.8. The van der Waals surface area contributed by atoms with E-state index < -0.39 is 0 Å². The van der Waals surface area contributed by atoms with Crippen LogP contribution in [0.15, 0.2) is 47.4 Å². The van der Waals surface area contributed by atoms with E-state index >= 15 is 0 Å². The van der Waals surface area contributed by atoms with Crippen molar-refractivity contribution >= 4 is 45.8 Å². The fourth-order valence-electron chi connectivity index (χ4n) is 3.04. The molecule has 0 atom stereocenters. The number of aromatic nitrogens is 5. The Labute approximate surface area is 183 Å². The lowest BCUT2D eigenvalue weighted by Gasteiger charge is -2.13. The Kier molecular flexibility index (Phi) is 5.21. The molecule has 144 valence electrons. The Bertz CT molecular complexity index is 1340. The van der Waals surface area contributed by atoms with E-state index in [2.05, 4.69) is 43.7 Å². The molecule has 0 aliphatic carbocycles. The summed E-state index contributed by atoms with van der Waals surface area (Å²) in [6.45, 7) is 0. The lowest BCUT2D eigenvalue weighted by atomic mass is 10.00. The first-order valence-electron chi connectivity index (χ1n) is 8.44. The number of fused-ring (bicyclic) bond motifs is 1. The summed E-state index contributed by atoms with van der Waals surface area (Å²) in [5.41, 5.74) is 9.62. The molecule has 4 aromatic rings. The van der Waals surface area contributed by atoms with Gasteiger partial charge in [0.2, 0.25) is 5.95 Å². The molecule has 0 unspecified atom stereocenters. The Morgan fingerprint density at radius 1 is 1.21 bits per heavy atom. The van der Waals surface area contributed by atoms with Gasteiger partial charge in [0.15, 0.2) is 11.5 Å². The Balaban J connectivity index is 2.11. The second-order valence-electron chi connectivity index (χ2n) is 6.13. The van der Waals surface area contributed by atoms with Crippen molar-refractivity contribution in [3.8, 4) is 28.5 Å². The molecule has 0 radical (unpaired) electrons. The van der Waals surface area contributed by atoms with E-state index in [1.807, 2.05) is 6.07 Å². The summed E-state index contributed by atoms with van der Waals surface area (Å²) in [7, 11) is 0. The predicted octanol–water partition coefficient (Wildman–Crippen LogP) is 3.21. The summed E-state index contributed by atoms with van der Waals surface area (Å²) >= 11 is 8.05. The van der Waals surface area contributed by atoms with Crippen LogP contribution in [0.1, 0.15) is 11.4 Å². The highest BCUT2D eigenvalue weighted by Gasteiger charge is 2.20. The van der Waals surface area contributed by atoms with Gasteiger partial charge in [-0.1, -0.05) is 34.7 Å². The van der Waals surface area contributed by atoms with Crippen LogP contribution in [0.3, 0.4) is 0 Å². The number of alkyl halides is 2. The number of nitrogens with zero attached hydrogens (tertiary/aromatic N) is 6. The molecule has 0 saturated carbocycles. The predicted molar refractivity (Wildman–Crippen MR) is 119 cm³/mol. The second kappa shape index (κ2) is 7.81. The molecule has 2 N–H and O–H groups in total. The van der Waals surface area contributed by atoms with Gasteiger partial charge in [0, 0.05) is 23.4 Å². The van der Waals surface area contributed by atoms with Crippen LogP contribution in [0.2, 0.25) is 0 Å². The zero-order valence-electron chi connectivity index (χ0n) is 14.9. The number of pyridine rings is 1. The van der Waals surface area contributed by atoms with E-state index in [0.29, 0.717) is 38.4 Å². The molecule has 0 fully saturated rings. The summed E-state index contributed by atoms with van der Waals surface area (Å²) < 4.78 is 3.50. The van der Waals surface area contributed by atoms with Crippen molar-refractivity contribution < 1.29 is 0 Å². The van der Waals surface area contributed by atoms with Crippen molar-refractivity contribution in [3.05, 3.63) is 64.3 Å². The van der Waals surface area contributed by atoms with E-state index in [9.17, 15) is 10.1 Å². The Hall–Kier alpha value is -2.97. The third-order valence-electron chi connectivity index (χ3n) is 4.34. The van der Waals surface area contributed by atoms with Crippen molar-refractivity contribution in [3.63, 3.8) is 0 Å². The number of nitriles is 1. The zero-order chi connectivity index (χ0) is 20.5. The molecule has 3 aromatic heterocycles. The normalized spacial score (nSPS) is 10.9. The SMILES string of the molecule is N#Cc1cccc(-c2nc(N)n3nc(CCl)nc3c2-c2ccc(=O)n(CI)c2)c1. The van der Waals surface area contributed by atoms with Crippen LogP contribution < -0.4 is 11.3 Å². The Morgan fingerprint density at radius 3 is 2.76 bits per heavy atom. The third-order valence-corrected chi connectivity index (χ3v) is 5.31. The van der Waals surface area contributed by atoms with Crippen molar-refractivity contribution in [2.24, 2.45) is 0 Å². The number of halogens is 2. The highest BCUT2D eigenvalue weighted by atomic mass is 127. The molecular weight excluding hydrogens is 505 g/mol. The number of hydrogen-bond acceptors (Lipinski definition) is 6. The molecular formula is C19H13ClIN7O. The molecule has 4 rings (SSSR count). The minimum Gasteiger partial charge on any atom is -0.368 e. The first-order chi connectivity index (χ1) is 14.0. The van der Waals surface area contributed by atoms with Crippen LogP contribution in [-0.2, 0) is 10.4 Å². The van der Waals surface area contributed by atoms with Crippen molar-refractivity contribution in [1.82, 2.24) is 24.1 Å². The van der Waals surface area contributed by atoms with E-state index in [1.165, 1.54) is 10.6 Å². The number of rotatable bonds is 4. The maximum absolute atomic E-state index is 12.1. The Morgan fingerprint density at radius 2 is 2.03 bits per heavy atom. The van der Waals surface area contributed by atoms with E-state index in [4.69, 9.17) is 17.3 Å². The topological polar surface area (TPSA) is 115 Å². The van der Waals surface area contributed by atoms with Crippen LogP contribution in [-0.4, -0.2) is 24.1 Å². The molecule has 29 heavy (non-hydrogen) atoms. The van der Waals surface area contributed by atoms with Gasteiger partial charge in [-0.25, -0.2) is 9.97 Å². The number of nitrogen functional groups attached to an aromatic ring is 1. The van der Waals surface area contributed by atoms with Crippen molar-refractivity contribution in [1.29, 1.82) is 5.26 Å². The summed E-state index contributed by atoms with van der Waals surface area (Å²) in [5, 5.41) is 13.6. The third kappa shape index (κ3) is 3.45. The van der Waals surface area contributed by atoms with Crippen LogP contribution in [0, 0.1) is 11.3 Å². The fourth-order valence-corrected chi connectivity index (χ4v) is 3.69. The summed E-state index contributed by atoms with van der Waals surface area (Å²) in [5.74, 6) is 0.673. The van der Waals surface area contributed by atoms with Crippen LogP contribution >= 0.6 is 34.2 Å². The molecule has 0 aliphatic heterocycles. The minimum absolute atomic E-state index is 0.112. The van der Waals surface area contributed by atoms with Gasteiger partial charge in [-0.05, 0) is 18.2 Å². The smallest absolute Gasteiger partial charge is 0.251 e. The van der Waals surface area contributed by atoms with Crippen molar-refractivity contribution in [2.45, 2.75) is 10.4 Å². The molecule has 1 aromatic carbocycles. The fraction of sp³-hybridized carbons (Fsp3) is 0.105. The molecule has 0 spiro atoms. The second-order valence-corrected chi connectivity index (χ2v) is 7.08. The molecule has 0 amide bonds. The monoisotopic (exact) mass is 517 g/mol. The van der Waals surface area contributed by atoms with Gasteiger partial charge < -0.3 is 10.3 Å². The maximum atomic E-state index is 12.1. The van der Waals surface area contributed by atoms with Gasteiger partial charge in [0.05, 0.1) is 33.3 Å². The lowest BCUT2D eigenvalue weighted by Crippen LogP contribution is -2.16.